The maximum Gasteiger partial charge on any atom is 0.244 e. The molecule has 0 aliphatic carbocycles. The van der Waals surface area contributed by atoms with Gasteiger partial charge in [-0.05, 0) is 50.8 Å². The van der Waals surface area contributed by atoms with Crippen molar-refractivity contribution < 1.29 is 13.9 Å². The lowest BCUT2D eigenvalue weighted by molar-refractivity contribution is -0.117. The number of ether oxygens (including phenoxy) is 1. The van der Waals surface area contributed by atoms with Gasteiger partial charge in [-0.25, -0.2) is 4.39 Å². The van der Waals surface area contributed by atoms with Crippen molar-refractivity contribution in [3.05, 3.63) is 72.1 Å². The van der Waals surface area contributed by atoms with E-state index in [2.05, 4.69) is 5.32 Å². The van der Waals surface area contributed by atoms with E-state index in [-0.39, 0.29) is 17.7 Å². The zero-order chi connectivity index (χ0) is 18.2. The summed E-state index contributed by atoms with van der Waals surface area (Å²) < 4.78 is 19.8. The van der Waals surface area contributed by atoms with E-state index in [4.69, 9.17) is 4.74 Å². The summed E-state index contributed by atoms with van der Waals surface area (Å²) in [5.74, 6) is 0.0471. The lowest BCUT2D eigenvalue weighted by atomic mass is 10.1. The van der Waals surface area contributed by atoms with E-state index >= 15 is 0 Å². The lowest BCUT2D eigenvalue weighted by Gasteiger charge is -2.14. The van der Waals surface area contributed by atoms with Crippen LogP contribution in [0.2, 0.25) is 0 Å². The normalized spacial score (nSPS) is 12.4. The summed E-state index contributed by atoms with van der Waals surface area (Å²) in [6.07, 6.45) is 3.26. The van der Waals surface area contributed by atoms with E-state index in [0.29, 0.717) is 17.9 Å². The van der Waals surface area contributed by atoms with Crippen molar-refractivity contribution in [2.24, 2.45) is 0 Å². The highest BCUT2D eigenvalue weighted by Gasteiger charge is 2.12. The Morgan fingerprint density at radius 3 is 2.60 bits per heavy atom. The fourth-order valence-corrected chi connectivity index (χ4v) is 2.20. The molecule has 0 bridgehead atoms. The van der Waals surface area contributed by atoms with E-state index in [9.17, 15) is 9.18 Å². The van der Waals surface area contributed by atoms with Crippen molar-refractivity contribution in [2.75, 3.05) is 20.6 Å². The van der Waals surface area contributed by atoms with Gasteiger partial charge in [0.2, 0.25) is 5.91 Å². The standard InChI is InChI=1S/C20H23FN2O2/c1-15(22-20(24)10-7-13-23(2)3)16-11-12-19(18(21)14-16)25-17-8-5-4-6-9-17/h4-12,14-15H,13H2,1-3H3,(H,22,24)/b10-7+. The Hall–Kier alpha value is -2.66. The van der Waals surface area contributed by atoms with Gasteiger partial charge in [0.1, 0.15) is 5.75 Å². The van der Waals surface area contributed by atoms with Crippen LogP contribution in [0, 0.1) is 5.82 Å². The van der Waals surface area contributed by atoms with Gasteiger partial charge in [0.05, 0.1) is 6.04 Å². The van der Waals surface area contributed by atoms with Crippen LogP contribution in [-0.2, 0) is 4.79 Å². The molecule has 0 saturated carbocycles. The maximum atomic E-state index is 14.3. The summed E-state index contributed by atoms with van der Waals surface area (Å²) in [6, 6.07) is 13.4. The number of carbonyl (C=O) groups excluding carboxylic acids is 1. The number of carbonyl (C=O) groups is 1. The first kappa shape index (κ1) is 18.7. The van der Waals surface area contributed by atoms with E-state index in [1.54, 1.807) is 30.3 Å². The summed E-state index contributed by atoms with van der Waals surface area (Å²) in [6.45, 7) is 2.49. The lowest BCUT2D eigenvalue weighted by Crippen LogP contribution is -2.25. The second kappa shape index (κ2) is 8.99. The molecule has 0 fully saturated rings. The third kappa shape index (κ3) is 6.04. The van der Waals surface area contributed by atoms with Gasteiger partial charge >= 0.3 is 0 Å². The molecule has 1 N–H and O–H groups in total. The summed E-state index contributed by atoms with van der Waals surface area (Å²) in [5, 5.41) is 2.81. The monoisotopic (exact) mass is 342 g/mol. The second-order valence-corrected chi connectivity index (χ2v) is 6.00. The maximum absolute atomic E-state index is 14.3. The van der Waals surface area contributed by atoms with Crippen LogP contribution in [0.1, 0.15) is 18.5 Å². The summed E-state index contributed by atoms with van der Waals surface area (Å²) >= 11 is 0. The summed E-state index contributed by atoms with van der Waals surface area (Å²) in [4.78, 5) is 13.8. The molecule has 1 atom stereocenters. The number of likely N-dealkylation sites (N-methyl/N-ethyl adjacent to an activating group) is 1. The Morgan fingerprint density at radius 1 is 1.24 bits per heavy atom. The van der Waals surface area contributed by atoms with Gasteiger partial charge in [-0.2, -0.15) is 0 Å². The first-order valence-electron chi connectivity index (χ1n) is 8.10. The molecule has 0 saturated heterocycles. The third-order valence-corrected chi connectivity index (χ3v) is 3.53. The first-order valence-corrected chi connectivity index (χ1v) is 8.10. The Morgan fingerprint density at radius 2 is 1.96 bits per heavy atom. The van der Waals surface area contributed by atoms with Gasteiger partial charge in [0, 0.05) is 12.6 Å². The van der Waals surface area contributed by atoms with Crippen LogP contribution in [0.4, 0.5) is 4.39 Å². The predicted octanol–water partition coefficient (Wildman–Crippen LogP) is 3.91. The Balaban J connectivity index is 1.99. The molecule has 5 heteroatoms. The molecule has 132 valence electrons. The Kier molecular flexibility index (Phi) is 6.71. The van der Waals surface area contributed by atoms with Crippen LogP contribution in [0.25, 0.3) is 0 Å². The summed E-state index contributed by atoms with van der Waals surface area (Å²) in [5.41, 5.74) is 0.673. The van der Waals surface area contributed by atoms with Gasteiger partial charge in [-0.15, -0.1) is 0 Å². The van der Waals surface area contributed by atoms with Crippen molar-refractivity contribution in [1.29, 1.82) is 0 Å². The van der Waals surface area contributed by atoms with Crippen molar-refractivity contribution in [1.82, 2.24) is 10.2 Å². The van der Waals surface area contributed by atoms with Gasteiger partial charge in [-0.1, -0.05) is 30.3 Å². The number of hydrogen-bond donors (Lipinski definition) is 1. The molecule has 2 rings (SSSR count). The van der Waals surface area contributed by atoms with Gasteiger partial charge < -0.3 is 15.0 Å². The van der Waals surface area contributed by atoms with E-state index < -0.39 is 5.82 Å². The van der Waals surface area contributed by atoms with Crippen LogP contribution < -0.4 is 10.1 Å². The van der Waals surface area contributed by atoms with Crippen LogP contribution >= 0.6 is 0 Å². The fourth-order valence-electron chi connectivity index (χ4n) is 2.20. The molecule has 2 aromatic rings. The summed E-state index contributed by atoms with van der Waals surface area (Å²) in [7, 11) is 3.85. The molecule has 0 aliphatic rings. The predicted molar refractivity (Wildman–Crippen MR) is 97.2 cm³/mol. The average molecular weight is 342 g/mol. The third-order valence-electron chi connectivity index (χ3n) is 3.53. The smallest absolute Gasteiger partial charge is 0.244 e. The zero-order valence-electron chi connectivity index (χ0n) is 14.7. The molecule has 4 nitrogen and oxygen atoms in total. The van der Waals surface area contributed by atoms with Crippen molar-refractivity contribution in [2.45, 2.75) is 13.0 Å². The number of para-hydroxylation sites is 1. The molecule has 1 amide bonds. The number of benzene rings is 2. The number of hydrogen-bond acceptors (Lipinski definition) is 3. The van der Waals surface area contributed by atoms with Crippen LogP contribution in [0.3, 0.4) is 0 Å². The largest absolute Gasteiger partial charge is 0.454 e. The molecular weight excluding hydrogens is 319 g/mol. The van der Waals surface area contributed by atoms with Crippen molar-refractivity contribution in [3.8, 4) is 11.5 Å². The minimum Gasteiger partial charge on any atom is -0.454 e. The molecule has 0 aliphatic heterocycles. The molecule has 0 spiro atoms. The highest BCUT2D eigenvalue weighted by Crippen LogP contribution is 2.26. The van der Waals surface area contributed by atoms with E-state index in [1.165, 1.54) is 12.1 Å². The Bertz CT molecular complexity index is 730. The number of nitrogens with one attached hydrogen (secondary N) is 1. The SMILES string of the molecule is CC(NC(=O)/C=C/CN(C)C)c1ccc(Oc2ccccc2)c(F)c1. The van der Waals surface area contributed by atoms with Gasteiger partial charge in [-0.3, -0.25) is 4.79 Å². The van der Waals surface area contributed by atoms with Crippen LogP contribution in [0.15, 0.2) is 60.7 Å². The first-order chi connectivity index (χ1) is 12.0. The number of nitrogens with zero attached hydrogens (tertiary/aromatic N) is 1. The molecule has 25 heavy (non-hydrogen) atoms. The van der Waals surface area contributed by atoms with Crippen molar-refractivity contribution in [3.63, 3.8) is 0 Å². The van der Waals surface area contributed by atoms with E-state index in [0.717, 1.165) is 0 Å². The average Bonchev–Trinajstić information content (AvgIpc) is 2.57. The fraction of sp³-hybridized carbons (Fsp3) is 0.250. The van der Waals surface area contributed by atoms with Crippen LogP contribution in [0.5, 0.6) is 11.5 Å². The van der Waals surface area contributed by atoms with Crippen LogP contribution in [-0.4, -0.2) is 31.4 Å². The van der Waals surface area contributed by atoms with E-state index in [1.807, 2.05) is 44.1 Å². The minimum atomic E-state index is -0.467. The van der Waals surface area contributed by atoms with Gasteiger partial charge in [0.25, 0.3) is 0 Å². The molecular formula is C20H23FN2O2. The molecule has 0 radical (unpaired) electrons. The molecule has 0 aromatic heterocycles. The van der Waals surface area contributed by atoms with Gasteiger partial charge in [0.15, 0.2) is 11.6 Å². The number of rotatable bonds is 7. The second-order valence-electron chi connectivity index (χ2n) is 6.00. The minimum absolute atomic E-state index is 0.152. The quantitative estimate of drug-likeness (QED) is 0.776. The highest BCUT2D eigenvalue weighted by molar-refractivity contribution is 5.87. The topological polar surface area (TPSA) is 41.6 Å². The molecule has 0 heterocycles. The molecule has 1 unspecified atom stereocenters. The molecule has 2 aromatic carbocycles. The number of amides is 1. The number of halogens is 1. The highest BCUT2D eigenvalue weighted by atomic mass is 19.1. The van der Waals surface area contributed by atoms with Crippen molar-refractivity contribution >= 4 is 5.91 Å². The zero-order valence-corrected chi connectivity index (χ0v) is 14.7. The Labute approximate surface area is 147 Å².